The van der Waals surface area contributed by atoms with E-state index in [-0.39, 0.29) is 48.1 Å². The van der Waals surface area contributed by atoms with E-state index in [1.807, 2.05) is 74.4 Å². The average Bonchev–Trinajstić information content (AvgIpc) is 3.55. The molecule has 3 aliphatic carbocycles. The third kappa shape index (κ3) is 9.06. The van der Waals surface area contributed by atoms with Gasteiger partial charge in [-0.25, -0.2) is 4.39 Å². The van der Waals surface area contributed by atoms with Gasteiger partial charge in [0.05, 0.1) is 32.7 Å². The second-order valence-corrected chi connectivity index (χ2v) is 17.4. The second-order valence-electron chi connectivity index (χ2n) is 17.4. The SMILES string of the molecule is C=C1[C@@H](NCC(=O)[C@@H]2[C@H](C(C)=O)[C@H](CO)ON2Cc2cc(F)cc(-c3cc(C(=O)N[C@@H](Cc4ccccc4)CN(C)C)cc(N(C)C)c3)c2OC)C[C@H]2C[C@@H]1C2(C)C. The molecular formula is C46H60FN5O6. The van der Waals surface area contributed by atoms with Crippen molar-refractivity contribution in [2.45, 2.75) is 70.8 Å². The Morgan fingerprint density at radius 3 is 2.40 bits per heavy atom. The maximum atomic E-state index is 15.8. The Labute approximate surface area is 342 Å². The number of methoxy groups -OCH3 is 1. The Bertz CT molecular complexity index is 2000. The summed E-state index contributed by atoms with van der Waals surface area (Å²) in [6, 6.07) is 16.8. The molecule has 312 valence electrons. The lowest BCUT2D eigenvalue weighted by Crippen LogP contribution is -2.57. The maximum Gasteiger partial charge on any atom is 0.251 e. The van der Waals surface area contributed by atoms with Gasteiger partial charge in [-0.2, -0.15) is 5.06 Å². The Morgan fingerprint density at radius 2 is 1.79 bits per heavy atom. The molecule has 4 fully saturated rings. The van der Waals surface area contributed by atoms with Crippen molar-refractivity contribution in [3.63, 3.8) is 0 Å². The van der Waals surface area contributed by atoms with E-state index in [0.29, 0.717) is 52.8 Å². The molecule has 4 aliphatic rings. The molecule has 0 aromatic heterocycles. The topological polar surface area (TPSA) is 124 Å². The quantitative estimate of drug-likeness (QED) is 0.155. The number of hydrogen-bond donors (Lipinski definition) is 3. The summed E-state index contributed by atoms with van der Waals surface area (Å²) in [5.41, 5.74) is 4.83. The Hall–Kier alpha value is -4.46. The standard InChI is InChI=1S/C46H60FN5O6/c1-27-38-20-33(46(38,3)4)21-39(27)48-23-40(55)43-42(28(2)54)41(26-53)58-52(43)24-32-17-34(47)22-37(44(32)57-9)30-16-31(19-36(18-30)51(7)8)45(56)49-35(25-50(5)6)15-29-13-11-10-12-14-29/h10-14,16-19,22,33,35,38-39,41-43,48,53H,1,15,20-21,23-26H2,2-9H3,(H,49,56)/t33-,35+,38+,39+,41+,42-,43-/m1/s1. The van der Waals surface area contributed by atoms with Gasteiger partial charge in [-0.3, -0.25) is 19.2 Å². The molecule has 0 radical (unpaired) electrons. The van der Waals surface area contributed by atoms with E-state index in [1.165, 1.54) is 31.2 Å². The highest BCUT2D eigenvalue weighted by molar-refractivity contribution is 5.97. The van der Waals surface area contributed by atoms with Crippen LogP contribution in [0.15, 0.2) is 72.8 Å². The number of hydrogen-bond acceptors (Lipinski definition) is 10. The summed E-state index contributed by atoms with van der Waals surface area (Å²) in [5.74, 6) is -1.08. The normalized spacial score (nSPS) is 24.3. The smallest absolute Gasteiger partial charge is 0.251 e. The minimum absolute atomic E-state index is 0.0144. The van der Waals surface area contributed by atoms with Crippen LogP contribution in [-0.4, -0.2) is 112 Å². The third-order valence-corrected chi connectivity index (χ3v) is 12.6. The summed E-state index contributed by atoms with van der Waals surface area (Å²) in [7, 11) is 9.14. The highest BCUT2D eigenvalue weighted by Gasteiger charge is 2.55. The lowest BCUT2D eigenvalue weighted by Gasteiger charge is -2.60. The molecule has 3 saturated carbocycles. The van der Waals surface area contributed by atoms with Gasteiger partial charge in [-0.05, 0) is 99.0 Å². The summed E-state index contributed by atoms with van der Waals surface area (Å²) >= 11 is 0. The van der Waals surface area contributed by atoms with Gasteiger partial charge < -0.3 is 30.3 Å². The van der Waals surface area contributed by atoms with E-state index >= 15 is 4.39 Å². The van der Waals surface area contributed by atoms with Crippen LogP contribution in [-0.2, 0) is 27.4 Å². The van der Waals surface area contributed by atoms with Crippen LogP contribution in [0.3, 0.4) is 0 Å². The van der Waals surface area contributed by atoms with Crippen molar-refractivity contribution in [2.24, 2.45) is 23.2 Å². The minimum Gasteiger partial charge on any atom is -0.496 e. The van der Waals surface area contributed by atoms with E-state index in [0.717, 1.165) is 29.7 Å². The number of nitrogens with one attached hydrogen (secondary N) is 2. The molecule has 1 heterocycles. The highest BCUT2D eigenvalue weighted by Crippen LogP contribution is 2.60. The predicted molar refractivity (Wildman–Crippen MR) is 224 cm³/mol. The molecule has 11 nitrogen and oxygen atoms in total. The van der Waals surface area contributed by atoms with Gasteiger partial charge in [0.1, 0.15) is 29.5 Å². The van der Waals surface area contributed by atoms with Gasteiger partial charge in [0, 0.05) is 55.1 Å². The zero-order valence-electron chi connectivity index (χ0n) is 35.2. The number of anilines is 1. The van der Waals surface area contributed by atoms with Gasteiger partial charge in [0.25, 0.3) is 5.91 Å². The van der Waals surface area contributed by atoms with Crippen LogP contribution < -0.4 is 20.3 Å². The summed E-state index contributed by atoms with van der Waals surface area (Å²) < 4.78 is 21.8. The van der Waals surface area contributed by atoms with E-state index in [4.69, 9.17) is 9.57 Å². The number of ketones is 2. The number of benzene rings is 3. The number of aliphatic hydroxyl groups is 1. The Morgan fingerprint density at radius 1 is 1.07 bits per heavy atom. The number of ether oxygens (including phenoxy) is 1. The molecule has 1 amide bonds. The first-order valence-corrected chi connectivity index (χ1v) is 20.2. The third-order valence-electron chi connectivity index (χ3n) is 12.6. The fourth-order valence-corrected chi connectivity index (χ4v) is 9.40. The van der Waals surface area contributed by atoms with Gasteiger partial charge in [-0.1, -0.05) is 56.3 Å². The minimum atomic E-state index is -1.04. The van der Waals surface area contributed by atoms with Gasteiger partial charge in [-0.15, -0.1) is 0 Å². The van der Waals surface area contributed by atoms with Crippen LogP contribution >= 0.6 is 0 Å². The van der Waals surface area contributed by atoms with Crippen LogP contribution in [0.4, 0.5) is 10.1 Å². The number of amides is 1. The number of carbonyl (C=O) groups is 3. The second kappa shape index (κ2) is 17.8. The number of rotatable bonds is 17. The molecule has 0 spiro atoms. The van der Waals surface area contributed by atoms with Crippen molar-refractivity contribution in [3.05, 3.63) is 95.3 Å². The number of carbonyl (C=O) groups excluding carboxylic acids is 3. The van der Waals surface area contributed by atoms with Gasteiger partial charge in [0.15, 0.2) is 5.78 Å². The number of fused-ring (bicyclic) bond motifs is 2. The van der Waals surface area contributed by atoms with Crippen molar-refractivity contribution in [1.29, 1.82) is 0 Å². The molecule has 1 saturated heterocycles. The first-order chi connectivity index (χ1) is 27.5. The number of likely N-dealkylation sites (N-methyl/N-ethyl adjacent to an activating group) is 1. The number of hydroxylamine groups is 2. The molecule has 3 aromatic carbocycles. The lowest BCUT2D eigenvalue weighted by atomic mass is 9.46. The Kier molecular flexibility index (Phi) is 13.2. The number of aliphatic hydroxyl groups excluding tert-OH is 1. The van der Waals surface area contributed by atoms with Crippen molar-refractivity contribution in [1.82, 2.24) is 20.6 Å². The maximum absolute atomic E-state index is 15.8. The summed E-state index contributed by atoms with van der Waals surface area (Å²) in [5, 5.41) is 18.3. The summed E-state index contributed by atoms with van der Waals surface area (Å²) in [6.45, 7) is 10.3. The van der Waals surface area contributed by atoms with Crippen LogP contribution in [0.25, 0.3) is 11.1 Å². The first-order valence-electron chi connectivity index (χ1n) is 20.2. The van der Waals surface area contributed by atoms with Crippen molar-refractivity contribution >= 4 is 23.2 Å². The molecule has 58 heavy (non-hydrogen) atoms. The predicted octanol–water partition coefficient (Wildman–Crippen LogP) is 5.30. The number of Topliss-reactive ketones (excluding diaryl/α,β-unsaturated/α-hetero) is 2. The zero-order valence-corrected chi connectivity index (χ0v) is 35.2. The fourth-order valence-electron chi connectivity index (χ4n) is 9.40. The van der Waals surface area contributed by atoms with Crippen LogP contribution in [0.2, 0.25) is 0 Å². The lowest BCUT2D eigenvalue weighted by molar-refractivity contribution is -0.180. The van der Waals surface area contributed by atoms with E-state index < -0.39 is 30.5 Å². The molecule has 1 aliphatic heterocycles. The number of halogens is 1. The van der Waals surface area contributed by atoms with Crippen LogP contribution in [0.5, 0.6) is 5.75 Å². The van der Waals surface area contributed by atoms with Crippen molar-refractivity contribution in [3.8, 4) is 16.9 Å². The monoisotopic (exact) mass is 797 g/mol. The molecule has 7 atom stereocenters. The molecule has 2 bridgehead atoms. The van der Waals surface area contributed by atoms with E-state index in [1.54, 1.807) is 12.1 Å². The molecule has 0 unspecified atom stereocenters. The molecule has 7 rings (SSSR count). The van der Waals surface area contributed by atoms with Gasteiger partial charge >= 0.3 is 0 Å². The summed E-state index contributed by atoms with van der Waals surface area (Å²) in [4.78, 5) is 51.3. The largest absolute Gasteiger partial charge is 0.496 e. The van der Waals surface area contributed by atoms with Crippen molar-refractivity contribution < 1.29 is 33.5 Å². The number of nitrogens with zero attached hydrogens (tertiary/aromatic N) is 3. The molecule has 12 heteroatoms. The molecule has 3 aromatic rings. The zero-order chi connectivity index (χ0) is 42.1. The fraction of sp³-hybridized carbons (Fsp3) is 0.500. The van der Waals surface area contributed by atoms with E-state index in [9.17, 15) is 19.5 Å². The van der Waals surface area contributed by atoms with E-state index in [2.05, 4.69) is 31.1 Å². The molecule has 3 N–H and O–H groups in total. The Balaban J connectivity index is 1.29. The summed E-state index contributed by atoms with van der Waals surface area (Å²) in [6.07, 6.45) is 1.69. The highest BCUT2D eigenvalue weighted by atomic mass is 19.1. The molecular weight excluding hydrogens is 738 g/mol. The van der Waals surface area contributed by atoms with Crippen molar-refractivity contribution in [2.75, 3.05) is 59.9 Å². The van der Waals surface area contributed by atoms with Crippen LogP contribution in [0, 0.1) is 29.0 Å². The first kappa shape index (κ1) is 43.1. The van der Waals surface area contributed by atoms with Crippen LogP contribution in [0.1, 0.15) is 55.1 Å². The average molecular weight is 798 g/mol. The van der Waals surface area contributed by atoms with Gasteiger partial charge in [0.2, 0.25) is 0 Å².